The second-order valence-corrected chi connectivity index (χ2v) is 7.58. The van der Waals surface area contributed by atoms with E-state index in [1.165, 1.54) is 16.7 Å². The van der Waals surface area contributed by atoms with Crippen LogP contribution in [0.2, 0.25) is 0 Å². The lowest BCUT2D eigenvalue weighted by atomic mass is 9.94. The summed E-state index contributed by atoms with van der Waals surface area (Å²) in [5.74, 6) is 1.90. The second-order valence-electron chi connectivity index (χ2n) is 6.66. The number of aromatic nitrogens is 2. The highest BCUT2D eigenvalue weighted by molar-refractivity contribution is 9.10. The lowest BCUT2D eigenvalue weighted by molar-refractivity contribution is 0.383. The summed E-state index contributed by atoms with van der Waals surface area (Å²) in [5, 5.41) is 0. The second kappa shape index (κ2) is 6.71. The van der Waals surface area contributed by atoms with Crippen LogP contribution in [0.25, 0.3) is 16.6 Å². The zero-order valence-corrected chi connectivity index (χ0v) is 16.2. The topological polar surface area (TPSA) is 27.1 Å². The van der Waals surface area contributed by atoms with Gasteiger partial charge in [0.1, 0.15) is 11.5 Å². The first-order chi connectivity index (χ1) is 13.3. The third kappa shape index (κ3) is 3.06. The van der Waals surface area contributed by atoms with Gasteiger partial charge in [-0.2, -0.15) is 0 Å². The zero-order valence-electron chi connectivity index (χ0n) is 14.6. The molecular weight excluding hydrogens is 400 g/mol. The Kier molecular flexibility index (Phi) is 4.06. The molecule has 132 valence electrons. The number of benzene rings is 3. The van der Waals surface area contributed by atoms with Gasteiger partial charge in [-0.05, 0) is 35.9 Å². The van der Waals surface area contributed by atoms with Crippen LogP contribution < -0.4 is 4.74 Å². The molecule has 1 aromatic heterocycles. The Labute approximate surface area is 166 Å². The largest absolute Gasteiger partial charge is 0.459 e. The zero-order chi connectivity index (χ0) is 18.2. The van der Waals surface area contributed by atoms with E-state index in [9.17, 15) is 0 Å². The van der Waals surface area contributed by atoms with Crippen LogP contribution >= 0.6 is 15.9 Å². The average Bonchev–Trinajstić information content (AvgIpc) is 3.11. The van der Waals surface area contributed by atoms with Crippen LogP contribution in [-0.2, 0) is 13.0 Å². The number of hydrogen-bond acceptors (Lipinski definition) is 2. The van der Waals surface area contributed by atoms with Crippen LogP contribution in [0.5, 0.6) is 5.75 Å². The summed E-state index contributed by atoms with van der Waals surface area (Å²) in [4.78, 5) is 4.52. The first-order valence-electron chi connectivity index (χ1n) is 8.91. The van der Waals surface area contributed by atoms with Gasteiger partial charge < -0.3 is 9.30 Å². The summed E-state index contributed by atoms with van der Waals surface area (Å²) < 4.78 is 9.61. The van der Waals surface area contributed by atoms with Gasteiger partial charge in [-0.15, -0.1) is 0 Å². The minimum atomic E-state index is 0.653. The molecule has 2 heterocycles. The fourth-order valence-corrected chi connectivity index (χ4v) is 4.00. The van der Waals surface area contributed by atoms with E-state index in [4.69, 9.17) is 4.74 Å². The van der Waals surface area contributed by atoms with Gasteiger partial charge in [-0.1, -0.05) is 58.4 Å². The van der Waals surface area contributed by atoms with Gasteiger partial charge in [0.05, 0.1) is 23.9 Å². The molecule has 5 rings (SSSR count). The van der Waals surface area contributed by atoms with Gasteiger partial charge in [0.25, 0.3) is 0 Å². The lowest BCUT2D eigenvalue weighted by Gasteiger charge is -2.24. The Morgan fingerprint density at radius 1 is 0.963 bits per heavy atom. The quantitative estimate of drug-likeness (QED) is 0.419. The minimum absolute atomic E-state index is 0.653. The van der Waals surface area contributed by atoms with Gasteiger partial charge in [0.15, 0.2) is 0 Å². The molecule has 0 saturated heterocycles. The number of fused-ring (bicyclic) bond motifs is 2. The van der Waals surface area contributed by atoms with Crippen molar-refractivity contribution in [3.8, 4) is 5.75 Å². The molecule has 27 heavy (non-hydrogen) atoms. The number of allylic oxidation sites excluding steroid dienone is 2. The van der Waals surface area contributed by atoms with Crippen molar-refractivity contribution in [3.05, 3.63) is 100 Å². The van der Waals surface area contributed by atoms with Crippen molar-refractivity contribution in [3.63, 3.8) is 0 Å². The number of halogens is 1. The molecule has 0 bridgehead atoms. The van der Waals surface area contributed by atoms with E-state index in [0.717, 1.165) is 33.4 Å². The summed E-state index contributed by atoms with van der Waals surface area (Å²) in [6, 6.07) is 24.9. The van der Waals surface area contributed by atoms with Crippen molar-refractivity contribution in [1.82, 2.24) is 9.55 Å². The summed E-state index contributed by atoms with van der Waals surface area (Å²) in [6.45, 7) is 0.653. The number of imidazole rings is 1. The average molecular weight is 417 g/mol. The van der Waals surface area contributed by atoms with Crippen molar-refractivity contribution >= 4 is 32.5 Å². The molecule has 3 aromatic carbocycles. The molecule has 0 atom stereocenters. The molecule has 0 amide bonds. The van der Waals surface area contributed by atoms with E-state index < -0.39 is 0 Å². The van der Waals surface area contributed by atoms with E-state index in [2.05, 4.69) is 61.9 Å². The lowest BCUT2D eigenvalue weighted by Crippen LogP contribution is -2.14. The Morgan fingerprint density at radius 2 is 1.78 bits per heavy atom. The van der Waals surface area contributed by atoms with Gasteiger partial charge in [0.2, 0.25) is 0 Å². The number of hydrogen-bond donors (Lipinski definition) is 0. The molecule has 4 heteroatoms. The Balaban J connectivity index is 1.61. The van der Waals surface area contributed by atoms with E-state index in [0.29, 0.717) is 6.54 Å². The van der Waals surface area contributed by atoms with Crippen LogP contribution in [0, 0.1) is 0 Å². The van der Waals surface area contributed by atoms with Gasteiger partial charge in [-0.3, -0.25) is 0 Å². The van der Waals surface area contributed by atoms with Crippen LogP contribution in [-0.4, -0.2) is 9.55 Å². The van der Waals surface area contributed by atoms with Crippen LogP contribution in [0.15, 0.2) is 89.4 Å². The standard InChI is InChI=1S/C23H17BrN2O/c24-18-10-11-22-17(12-18)13-19(16-6-2-1-3-7-16)23(27-22)14-26-15-25-20-8-4-5-9-21(20)26/h1-12,15H,13-14H2. The fourth-order valence-electron chi connectivity index (χ4n) is 3.59. The molecular formula is C23H17BrN2O. The molecule has 0 fully saturated rings. The highest BCUT2D eigenvalue weighted by atomic mass is 79.9. The van der Waals surface area contributed by atoms with Crippen molar-refractivity contribution < 1.29 is 4.74 Å². The van der Waals surface area contributed by atoms with E-state index >= 15 is 0 Å². The van der Waals surface area contributed by atoms with Crippen LogP contribution in [0.1, 0.15) is 11.1 Å². The van der Waals surface area contributed by atoms with E-state index in [-0.39, 0.29) is 0 Å². The molecule has 1 aliphatic rings. The maximum absolute atomic E-state index is 6.39. The molecule has 0 radical (unpaired) electrons. The third-order valence-corrected chi connectivity index (χ3v) is 5.42. The third-order valence-electron chi connectivity index (χ3n) is 4.92. The first kappa shape index (κ1) is 16.3. The minimum Gasteiger partial charge on any atom is -0.459 e. The molecule has 3 nitrogen and oxygen atoms in total. The molecule has 0 aliphatic carbocycles. The SMILES string of the molecule is Brc1ccc2c(c1)CC(c1ccccc1)=C(Cn1cnc3ccccc31)O2. The van der Waals surface area contributed by atoms with E-state index in [1.54, 1.807) is 0 Å². The normalized spacial score (nSPS) is 13.5. The van der Waals surface area contributed by atoms with Crippen molar-refractivity contribution in [2.75, 3.05) is 0 Å². The summed E-state index contributed by atoms with van der Waals surface area (Å²) >= 11 is 3.57. The van der Waals surface area contributed by atoms with Crippen LogP contribution in [0.3, 0.4) is 0 Å². The van der Waals surface area contributed by atoms with Crippen molar-refractivity contribution in [1.29, 1.82) is 0 Å². The molecule has 1 aliphatic heterocycles. The predicted octanol–water partition coefficient (Wildman–Crippen LogP) is 5.85. The van der Waals surface area contributed by atoms with E-state index in [1.807, 2.05) is 42.7 Å². The highest BCUT2D eigenvalue weighted by Crippen LogP contribution is 2.37. The Morgan fingerprint density at radius 3 is 2.67 bits per heavy atom. The maximum atomic E-state index is 6.39. The van der Waals surface area contributed by atoms with Crippen molar-refractivity contribution in [2.45, 2.75) is 13.0 Å². The summed E-state index contributed by atoms with van der Waals surface area (Å²) in [6.07, 6.45) is 2.74. The number of rotatable bonds is 3. The molecule has 4 aromatic rings. The summed E-state index contributed by atoms with van der Waals surface area (Å²) in [7, 11) is 0. The maximum Gasteiger partial charge on any atom is 0.130 e. The van der Waals surface area contributed by atoms with Gasteiger partial charge >= 0.3 is 0 Å². The van der Waals surface area contributed by atoms with Crippen LogP contribution in [0.4, 0.5) is 0 Å². The monoisotopic (exact) mass is 416 g/mol. The van der Waals surface area contributed by atoms with Crippen molar-refractivity contribution in [2.24, 2.45) is 0 Å². The summed E-state index contributed by atoms with van der Waals surface area (Å²) in [5.41, 5.74) is 5.73. The number of nitrogens with zero attached hydrogens (tertiary/aromatic N) is 2. The molecule has 0 saturated carbocycles. The smallest absolute Gasteiger partial charge is 0.130 e. The molecule has 0 spiro atoms. The predicted molar refractivity (Wildman–Crippen MR) is 112 cm³/mol. The Hall–Kier alpha value is -2.85. The first-order valence-corrected chi connectivity index (χ1v) is 9.71. The number of ether oxygens (including phenoxy) is 1. The van der Waals surface area contributed by atoms with Gasteiger partial charge in [-0.25, -0.2) is 4.98 Å². The molecule has 0 unspecified atom stereocenters. The molecule has 0 N–H and O–H groups in total. The Bertz CT molecular complexity index is 1160. The number of para-hydroxylation sites is 2. The highest BCUT2D eigenvalue weighted by Gasteiger charge is 2.22. The van der Waals surface area contributed by atoms with Gasteiger partial charge in [0, 0.05) is 22.0 Å². The fraction of sp³-hybridized carbons (Fsp3) is 0.0870.